The Balaban J connectivity index is -0.0000000331. The second kappa shape index (κ2) is 30.4. The fourth-order valence-electron chi connectivity index (χ4n) is 0. The van der Waals surface area contributed by atoms with Crippen molar-refractivity contribution in [3.05, 3.63) is 34.9 Å². The molecule has 0 rings (SSSR count). The molecule has 20 nitrogen and oxygen atoms in total. The van der Waals surface area contributed by atoms with Gasteiger partial charge < -0.3 is 10.4 Å². The van der Waals surface area contributed by atoms with Crippen LogP contribution in [-0.2, 0) is 0 Å². The smallest absolute Gasteiger partial charge is 0.328 e. The predicted octanol–water partition coefficient (Wildman–Crippen LogP) is -2.06. The zero-order chi connectivity index (χ0) is 17.9. The van der Waals surface area contributed by atoms with Crippen LogP contribution in [0.25, 0.3) is 0 Å². The molecule has 0 aromatic rings. The third kappa shape index (κ3) is 575. The van der Waals surface area contributed by atoms with Crippen LogP contribution in [0.3, 0.4) is 0 Å². The Kier molecular flexibility index (Phi) is 52.4. The molecule has 126 valence electrons. The monoisotopic (exact) mass is 470 g/mol. The molecule has 0 bridgehead atoms. The molecule has 0 amide bonds. The first-order valence-electron chi connectivity index (χ1n) is 2.88. The van der Waals surface area contributed by atoms with Gasteiger partial charge in [-0.25, -0.2) is 31.2 Å². The summed E-state index contributed by atoms with van der Waals surface area (Å²) in [4.78, 5) is 42.1. The van der Waals surface area contributed by atoms with Gasteiger partial charge in [0.15, 0.2) is 0 Å². The van der Waals surface area contributed by atoms with Gasteiger partial charge in [-0.05, 0) is 0 Å². The fraction of sp³-hybridized carbons (Fsp3) is 0. The molecule has 21 heavy (non-hydrogen) atoms. The normalized spacial score (nSPS) is 5.71. The Hall–Kier alpha value is -2.66. The topological polar surface area (TPSA) is 308 Å². The minimum Gasteiger partial charge on any atom is -0.328 e. The van der Waals surface area contributed by atoms with Gasteiger partial charge in [0.1, 0.15) is 14.7 Å². The number of hydrogen-bond donors (Lipinski definition) is 8. The van der Waals surface area contributed by atoms with Crippen LogP contribution >= 0.6 is 0 Å². The van der Waals surface area contributed by atoms with Crippen molar-refractivity contribution in [3.63, 3.8) is 0 Å². The van der Waals surface area contributed by atoms with E-state index in [2.05, 4.69) is 0 Å². The molecule has 8 N–H and O–H groups in total. The van der Waals surface area contributed by atoms with E-state index in [-0.39, 0.29) is 40.4 Å². The standard InChI is InChI=1S/3H2NO3.2HNO3.Sm/c5*2-1(3)4;/h3*(H2,2,3,4);2*(H,2,3,4);/q3*+1;;;. The second-order valence-electron chi connectivity index (χ2n) is 1.23. The molecule has 0 heterocycles. The summed E-state index contributed by atoms with van der Waals surface area (Å²) in [7, 11) is 0. The van der Waals surface area contributed by atoms with Crippen LogP contribution in [0.1, 0.15) is 0 Å². The molecular formula is H8N5O15Sm+3. The van der Waals surface area contributed by atoms with Gasteiger partial charge in [-0.1, -0.05) is 0 Å². The molecule has 0 radical (unpaired) electrons. The maximum absolute atomic E-state index is 8.47. The van der Waals surface area contributed by atoms with Crippen LogP contribution in [0.4, 0.5) is 0 Å². The van der Waals surface area contributed by atoms with Gasteiger partial charge in [-0.15, -0.1) is 20.2 Å². The van der Waals surface area contributed by atoms with E-state index >= 15 is 0 Å². The van der Waals surface area contributed by atoms with Gasteiger partial charge >= 0.3 is 15.3 Å². The fourth-order valence-corrected chi connectivity index (χ4v) is 0. The van der Waals surface area contributed by atoms with Gasteiger partial charge in [0.05, 0.1) is 0 Å². The van der Waals surface area contributed by atoms with E-state index in [4.69, 9.17) is 76.6 Å². The van der Waals surface area contributed by atoms with Gasteiger partial charge in [-0.2, -0.15) is 0 Å². The summed E-state index contributed by atoms with van der Waals surface area (Å²) in [6.07, 6.45) is 0. The van der Waals surface area contributed by atoms with E-state index < -0.39 is 25.4 Å². The summed E-state index contributed by atoms with van der Waals surface area (Å²) in [5, 5.41) is 64.9. The zero-order valence-corrected chi connectivity index (χ0v) is 11.7. The Morgan fingerprint density at radius 2 is 0.476 bits per heavy atom. The SMILES string of the molecule is O=[N+](O)O.O=[N+](O)O.O=[N+](O)O.O=[N+]([O-])O.O=[N+]([O-])O.[Sm]. The molecule has 0 aliphatic rings. The Bertz CT molecular complexity index is 207. The van der Waals surface area contributed by atoms with Crippen molar-refractivity contribution in [1.29, 1.82) is 0 Å². The molecule has 21 heteroatoms. The van der Waals surface area contributed by atoms with Crippen LogP contribution in [0.2, 0.25) is 0 Å². The number of nitrogens with zero attached hydrogens (tertiary/aromatic N) is 5. The van der Waals surface area contributed by atoms with Crippen LogP contribution in [-0.4, -0.2) is 67.1 Å². The molecule has 0 aliphatic carbocycles. The van der Waals surface area contributed by atoms with Crippen molar-refractivity contribution < 1.29 is 107 Å². The molecule has 0 atom stereocenters. The van der Waals surface area contributed by atoms with E-state index in [0.29, 0.717) is 0 Å². The van der Waals surface area contributed by atoms with E-state index in [1.807, 2.05) is 0 Å². The minimum absolute atomic E-state index is 0. The van der Waals surface area contributed by atoms with Crippen molar-refractivity contribution in [1.82, 2.24) is 0 Å². The van der Waals surface area contributed by atoms with Crippen LogP contribution in [0.15, 0.2) is 0 Å². The van der Waals surface area contributed by atoms with Crippen molar-refractivity contribution in [2.75, 3.05) is 0 Å². The predicted molar refractivity (Wildman–Crippen MR) is 39.2 cm³/mol. The van der Waals surface area contributed by atoms with Crippen LogP contribution < -0.4 is 0 Å². The van der Waals surface area contributed by atoms with Crippen molar-refractivity contribution in [3.8, 4) is 0 Å². The van der Waals surface area contributed by atoms with E-state index in [0.717, 1.165) is 0 Å². The van der Waals surface area contributed by atoms with Crippen molar-refractivity contribution in [2.24, 2.45) is 0 Å². The molecular weight excluding hydrogens is 460 g/mol. The van der Waals surface area contributed by atoms with Crippen LogP contribution in [0.5, 0.6) is 0 Å². The maximum atomic E-state index is 8.47. The molecule has 0 saturated carbocycles. The second-order valence-corrected chi connectivity index (χ2v) is 1.23. The average molecular weight is 468 g/mol. The van der Waals surface area contributed by atoms with Gasteiger partial charge in [0.25, 0.3) is 10.2 Å². The molecule has 0 aromatic heterocycles. The third-order valence-electron chi connectivity index (χ3n) is 0. The summed E-state index contributed by atoms with van der Waals surface area (Å²) in [6.45, 7) is 0. The van der Waals surface area contributed by atoms with E-state index in [9.17, 15) is 0 Å². The summed E-state index contributed by atoms with van der Waals surface area (Å²) in [6, 6.07) is 0. The van der Waals surface area contributed by atoms with Crippen molar-refractivity contribution in [2.45, 2.75) is 0 Å². The number of hydrogen-bond acceptors (Lipinski definition) is 7. The van der Waals surface area contributed by atoms with Crippen LogP contribution in [0, 0.1) is 75.3 Å². The Morgan fingerprint density at radius 1 is 0.476 bits per heavy atom. The molecule has 0 aliphatic heterocycles. The van der Waals surface area contributed by atoms with Gasteiger partial charge in [0, 0.05) is 40.4 Å². The Labute approximate surface area is 142 Å². The first-order chi connectivity index (χ1) is 8.66. The zero-order valence-electron chi connectivity index (χ0n) is 9.08. The third-order valence-corrected chi connectivity index (χ3v) is 0. The molecule has 0 fully saturated rings. The van der Waals surface area contributed by atoms with E-state index in [1.54, 1.807) is 0 Å². The first kappa shape index (κ1) is 36.2. The molecule has 0 aromatic carbocycles. The largest absolute Gasteiger partial charge is 0.472 e. The summed E-state index contributed by atoms with van der Waals surface area (Å²) < 4.78 is 0. The molecule has 0 saturated heterocycles. The summed E-state index contributed by atoms with van der Waals surface area (Å²) in [5.41, 5.74) is 0. The Morgan fingerprint density at radius 3 is 0.476 bits per heavy atom. The maximum Gasteiger partial charge on any atom is 0.472 e. The molecule has 0 spiro atoms. The van der Waals surface area contributed by atoms with E-state index in [1.165, 1.54) is 0 Å². The van der Waals surface area contributed by atoms with Crippen molar-refractivity contribution >= 4 is 0 Å². The van der Waals surface area contributed by atoms with Gasteiger partial charge in [0.2, 0.25) is 0 Å². The molecule has 0 unspecified atom stereocenters. The summed E-state index contributed by atoms with van der Waals surface area (Å²) >= 11 is 0. The minimum atomic E-state index is -1.50. The quantitative estimate of drug-likeness (QED) is 0.140. The first-order valence-corrected chi connectivity index (χ1v) is 2.88. The number of rotatable bonds is 0. The summed E-state index contributed by atoms with van der Waals surface area (Å²) in [5.74, 6) is 0. The average Bonchev–Trinajstić information content (AvgIpc) is 1.94. The van der Waals surface area contributed by atoms with Gasteiger partial charge in [-0.3, -0.25) is 0 Å².